The number of hydrogen-bond acceptors (Lipinski definition) is 2. The van der Waals surface area contributed by atoms with E-state index in [0.29, 0.717) is 24.3 Å². The maximum absolute atomic E-state index is 13.1. The van der Waals surface area contributed by atoms with Crippen LogP contribution >= 0.6 is 0 Å². The minimum atomic E-state index is -0.251. The largest absolute Gasteiger partial charge is 0.399 e. The number of halogens is 1. The van der Waals surface area contributed by atoms with Gasteiger partial charge >= 0.3 is 0 Å². The third-order valence-corrected chi connectivity index (χ3v) is 3.97. The second-order valence-electron chi connectivity index (χ2n) is 5.46. The lowest BCUT2D eigenvalue weighted by Crippen LogP contribution is -2.37. The first-order valence-corrected chi connectivity index (χ1v) is 6.97. The lowest BCUT2D eigenvalue weighted by molar-refractivity contribution is 0.0727. The second kappa shape index (κ2) is 5.20. The van der Waals surface area contributed by atoms with Crippen LogP contribution in [0, 0.1) is 12.7 Å². The zero-order valence-electron chi connectivity index (χ0n) is 11.9. The number of fused-ring (bicyclic) bond motifs is 1. The molecule has 0 aliphatic carbocycles. The van der Waals surface area contributed by atoms with E-state index in [0.717, 1.165) is 23.1 Å². The highest BCUT2D eigenvalue weighted by atomic mass is 19.1. The fourth-order valence-corrected chi connectivity index (χ4v) is 2.73. The molecule has 108 valence electrons. The molecule has 0 fully saturated rings. The third-order valence-electron chi connectivity index (χ3n) is 3.97. The van der Waals surface area contributed by atoms with Crippen molar-refractivity contribution in [1.82, 2.24) is 4.90 Å². The molecule has 2 N–H and O–H groups in total. The molecule has 4 heteroatoms. The summed E-state index contributed by atoms with van der Waals surface area (Å²) in [6.07, 6.45) is 0.821. The van der Waals surface area contributed by atoms with Gasteiger partial charge in [-0.1, -0.05) is 12.1 Å². The van der Waals surface area contributed by atoms with E-state index < -0.39 is 0 Å². The second-order valence-corrected chi connectivity index (χ2v) is 5.46. The summed E-state index contributed by atoms with van der Waals surface area (Å²) in [5.74, 6) is -0.258. The molecule has 1 amide bonds. The molecule has 0 unspecified atom stereocenters. The summed E-state index contributed by atoms with van der Waals surface area (Å²) < 4.78 is 13.1. The van der Waals surface area contributed by atoms with E-state index in [1.165, 1.54) is 12.1 Å². The highest BCUT2D eigenvalue weighted by Crippen LogP contribution is 2.23. The van der Waals surface area contributed by atoms with E-state index in [4.69, 9.17) is 5.73 Å². The van der Waals surface area contributed by atoms with Crippen LogP contribution in [0.3, 0.4) is 0 Å². The molecule has 2 aromatic rings. The van der Waals surface area contributed by atoms with E-state index >= 15 is 0 Å². The Balaban J connectivity index is 1.86. The number of nitrogens with two attached hydrogens (primary N) is 1. The van der Waals surface area contributed by atoms with E-state index in [1.807, 2.05) is 19.1 Å². The number of aryl methyl sites for hydroxylation is 1. The van der Waals surface area contributed by atoms with Crippen LogP contribution in [-0.4, -0.2) is 17.4 Å². The van der Waals surface area contributed by atoms with Gasteiger partial charge in [-0.05, 0) is 54.3 Å². The third kappa shape index (κ3) is 2.61. The number of carbonyl (C=O) groups is 1. The van der Waals surface area contributed by atoms with Crippen molar-refractivity contribution >= 4 is 11.6 Å². The minimum Gasteiger partial charge on any atom is -0.399 e. The lowest BCUT2D eigenvalue weighted by Gasteiger charge is -2.29. The van der Waals surface area contributed by atoms with Crippen molar-refractivity contribution in [2.75, 3.05) is 12.3 Å². The maximum Gasteiger partial charge on any atom is 0.254 e. The topological polar surface area (TPSA) is 46.3 Å². The minimum absolute atomic E-state index is 0.00715. The summed E-state index contributed by atoms with van der Waals surface area (Å²) in [6, 6.07) is 10.2. The quantitative estimate of drug-likeness (QED) is 0.862. The standard InChI is InChI=1S/C17H17FN2O/c1-11-8-14(18)4-2-13(11)10-20-7-6-12-3-5-15(19)9-16(12)17(20)21/h2-5,8-9H,6-7,10,19H2,1H3. The van der Waals surface area contributed by atoms with Gasteiger partial charge in [0.2, 0.25) is 0 Å². The predicted octanol–water partition coefficient (Wildman–Crippen LogP) is 2.91. The summed E-state index contributed by atoms with van der Waals surface area (Å²) in [4.78, 5) is 14.3. The smallest absolute Gasteiger partial charge is 0.254 e. The molecule has 1 heterocycles. The normalized spacial score (nSPS) is 14.2. The molecule has 0 atom stereocenters. The fourth-order valence-electron chi connectivity index (χ4n) is 2.73. The van der Waals surface area contributed by atoms with Gasteiger partial charge in [-0.25, -0.2) is 4.39 Å². The Morgan fingerprint density at radius 1 is 1.24 bits per heavy atom. The van der Waals surface area contributed by atoms with Gasteiger partial charge in [0.25, 0.3) is 5.91 Å². The summed E-state index contributed by atoms with van der Waals surface area (Å²) in [5, 5.41) is 0. The molecule has 0 bridgehead atoms. The van der Waals surface area contributed by atoms with Crippen LogP contribution < -0.4 is 5.73 Å². The Morgan fingerprint density at radius 2 is 2.05 bits per heavy atom. The Kier molecular flexibility index (Phi) is 3.37. The van der Waals surface area contributed by atoms with Crippen molar-refractivity contribution in [2.24, 2.45) is 0 Å². The highest BCUT2D eigenvalue weighted by molar-refractivity contribution is 5.97. The summed E-state index contributed by atoms with van der Waals surface area (Å²) >= 11 is 0. The van der Waals surface area contributed by atoms with Crippen LogP contribution in [0.4, 0.5) is 10.1 Å². The number of carbonyl (C=O) groups excluding carboxylic acids is 1. The van der Waals surface area contributed by atoms with E-state index in [1.54, 1.807) is 17.0 Å². The summed E-state index contributed by atoms with van der Waals surface area (Å²) in [6.45, 7) is 3.03. The Hall–Kier alpha value is -2.36. The number of anilines is 1. The molecule has 21 heavy (non-hydrogen) atoms. The molecule has 0 saturated carbocycles. The highest BCUT2D eigenvalue weighted by Gasteiger charge is 2.24. The summed E-state index contributed by atoms with van der Waals surface area (Å²) in [7, 11) is 0. The van der Waals surface area contributed by atoms with Crippen LogP contribution in [0.25, 0.3) is 0 Å². The average molecular weight is 284 g/mol. The van der Waals surface area contributed by atoms with Crippen LogP contribution in [0.5, 0.6) is 0 Å². The number of hydrogen-bond donors (Lipinski definition) is 1. The van der Waals surface area contributed by atoms with Crippen LogP contribution in [0.2, 0.25) is 0 Å². The number of amides is 1. The van der Waals surface area contributed by atoms with Gasteiger partial charge in [0.05, 0.1) is 0 Å². The molecule has 0 saturated heterocycles. The van der Waals surface area contributed by atoms with Gasteiger partial charge in [0, 0.05) is 24.3 Å². The molecule has 0 radical (unpaired) electrons. The Morgan fingerprint density at radius 3 is 2.81 bits per heavy atom. The van der Waals surface area contributed by atoms with Crippen LogP contribution in [-0.2, 0) is 13.0 Å². The van der Waals surface area contributed by atoms with Crippen molar-refractivity contribution in [1.29, 1.82) is 0 Å². The molecule has 0 aromatic heterocycles. The Labute approximate surface area is 123 Å². The zero-order valence-corrected chi connectivity index (χ0v) is 11.9. The molecule has 2 aromatic carbocycles. The Bertz CT molecular complexity index is 712. The fraction of sp³-hybridized carbons (Fsp3) is 0.235. The zero-order chi connectivity index (χ0) is 15.0. The van der Waals surface area contributed by atoms with Gasteiger partial charge in [-0.15, -0.1) is 0 Å². The molecule has 3 rings (SSSR count). The number of benzene rings is 2. The average Bonchev–Trinajstić information content (AvgIpc) is 2.45. The van der Waals surface area contributed by atoms with Gasteiger partial charge in [-0.3, -0.25) is 4.79 Å². The first-order valence-electron chi connectivity index (χ1n) is 6.97. The van der Waals surface area contributed by atoms with Crippen molar-refractivity contribution in [3.8, 4) is 0 Å². The van der Waals surface area contributed by atoms with E-state index in [9.17, 15) is 9.18 Å². The summed E-state index contributed by atoms with van der Waals surface area (Å²) in [5.41, 5.74) is 9.93. The van der Waals surface area contributed by atoms with Crippen molar-refractivity contribution in [2.45, 2.75) is 19.9 Å². The van der Waals surface area contributed by atoms with E-state index in [-0.39, 0.29) is 11.7 Å². The first kappa shape index (κ1) is 13.6. The van der Waals surface area contributed by atoms with Gasteiger partial charge in [-0.2, -0.15) is 0 Å². The van der Waals surface area contributed by atoms with Crippen molar-refractivity contribution in [3.63, 3.8) is 0 Å². The molecule has 1 aliphatic heterocycles. The first-order chi connectivity index (χ1) is 10.0. The van der Waals surface area contributed by atoms with Crippen molar-refractivity contribution < 1.29 is 9.18 Å². The lowest BCUT2D eigenvalue weighted by atomic mass is 9.97. The molecule has 3 nitrogen and oxygen atoms in total. The van der Waals surface area contributed by atoms with Gasteiger partial charge < -0.3 is 10.6 Å². The molecule has 0 spiro atoms. The van der Waals surface area contributed by atoms with Crippen LogP contribution in [0.15, 0.2) is 36.4 Å². The van der Waals surface area contributed by atoms with Crippen molar-refractivity contribution in [3.05, 3.63) is 64.5 Å². The molecular formula is C17H17FN2O. The van der Waals surface area contributed by atoms with Crippen LogP contribution in [0.1, 0.15) is 27.0 Å². The monoisotopic (exact) mass is 284 g/mol. The predicted molar refractivity (Wildman–Crippen MR) is 80.4 cm³/mol. The van der Waals surface area contributed by atoms with Gasteiger partial charge in [0.15, 0.2) is 0 Å². The number of rotatable bonds is 2. The number of nitrogen functional groups attached to an aromatic ring is 1. The van der Waals surface area contributed by atoms with Gasteiger partial charge in [0.1, 0.15) is 5.82 Å². The maximum atomic E-state index is 13.1. The number of nitrogens with zero attached hydrogens (tertiary/aromatic N) is 1. The molecular weight excluding hydrogens is 267 g/mol. The van der Waals surface area contributed by atoms with E-state index in [2.05, 4.69) is 0 Å². The molecule has 1 aliphatic rings. The SMILES string of the molecule is Cc1cc(F)ccc1CN1CCc2ccc(N)cc2C1=O.